The van der Waals surface area contributed by atoms with Crippen molar-refractivity contribution in [2.75, 3.05) is 0 Å². The van der Waals surface area contributed by atoms with Crippen LogP contribution in [0.3, 0.4) is 0 Å². The molecule has 0 saturated carbocycles. The molecule has 1 aromatic heterocycles. The van der Waals surface area contributed by atoms with E-state index >= 15 is 0 Å². The van der Waals surface area contributed by atoms with Gasteiger partial charge in [0.2, 0.25) is 0 Å². The molecule has 1 N–H and O–H groups in total. The van der Waals surface area contributed by atoms with Crippen molar-refractivity contribution < 1.29 is 9.21 Å². The third-order valence-corrected chi connectivity index (χ3v) is 4.87. The van der Waals surface area contributed by atoms with Gasteiger partial charge in [0.05, 0.1) is 4.47 Å². The maximum absolute atomic E-state index is 11.9. The Labute approximate surface area is 158 Å². The second kappa shape index (κ2) is 8.43. The van der Waals surface area contributed by atoms with E-state index in [4.69, 9.17) is 21.3 Å². The molecule has 0 saturated heterocycles. The minimum atomic E-state index is -0.424. The number of nitriles is 1. The lowest BCUT2D eigenvalue weighted by Crippen LogP contribution is -2.30. The average molecular weight is 426 g/mol. The fraction of sp³-hybridized carbons (Fsp3) is 0.176. The van der Waals surface area contributed by atoms with Gasteiger partial charge in [-0.2, -0.15) is 5.26 Å². The molecule has 1 aromatic carbocycles. The predicted octanol–water partition coefficient (Wildman–Crippen LogP) is 5.28. The smallest absolute Gasteiger partial charge is 0.262 e. The van der Waals surface area contributed by atoms with E-state index in [-0.39, 0.29) is 11.6 Å². The quantitative estimate of drug-likeness (QED) is 0.523. The van der Waals surface area contributed by atoms with Gasteiger partial charge >= 0.3 is 0 Å². The summed E-state index contributed by atoms with van der Waals surface area (Å²) >= 11 is 10.7. The summed E-state index contributed by atoms with van der Waals surface area (Å²) in [7, 11) is 0. The summed E-state index contributed by atoms with van der Waals surface area (Å²) in [6.45, 7) is 3.66. The molecule has 7 heteroatoms. The number of furan rings is 1. The molecule has 0 aliphatic heterocycles. The van der Waals surface area contributed by atoms with Crippen LogP contribution in [0.15, 0.2) is 54.8 Å². The Bertz CT molecular complexity index is 807. The highest BCUT2D eigenvalue weighted by atomic mass is 79.9. The first-order valence-electron chi connectivity index (χ1n) is 7.04. The Morgan fingerprint density at radius 1 is 1.42 bits per heavy atom. The third-order valence-electron chi connectivity index (χ3n) is 2.77. The van der Waals surface area contributed by atoms with Crippen LogP contribution in [0.1, 0.15) is 19.6 Å². The van der Waals surface area contributed by atoms with Crippen molar-refractivity contribution in [2.24, 2.45) is 0 Å². The van der Waals surface area contributed by atoms with Crippen LogP contribution in [-0.4, -0.2) is 11.9 Å². The summed E-state index contributed by atoms with van der Waals surface area (Å²) in [5.41, 5.74) is -0.00649. The Morgan fingerprint density at radius 3 is 2.67 bits per heavy atom. The number of hydrogen-bond donors (Lipinski definition) is 1. The number of carbonyl (C=O) groups is 1. The highest BCUT2D eigenvalue weighted by molar-refractivity contribution is 9.10. The van der Waals surface area contributed by atoms with E-state index in [9.17, 15) is 4.79 Å². The van der Waals surface area contributed by atoms with Crippen molar-refractivity contribution in [1.82, 2.24) is 5.32 Å². The number of carbonyl (C=O) groups excluding carboxylic acids is 1. The number of halogens is 2. The van der Waals surface area contributed by atoms with Crippen LogP contribution in [-0.2, 0) is 4.79 Å². The maximum atomic E-state index is 11.9. The van der Waals surface area contributed by atoms with Gasteiger partial charge in [0.15, 0.2) is 5.09 Å². The Balaban J connectivity index is 2.21. The number of nitrogens with one attached hydrogen (secondary N) is 1. The van der Waals surface area contributed by atoms with Gasteiger partial charge in [-0.05, 0) is 60.1 Å². The molecule has 0 aliphatic rings. The van der Waals surface area contributed by atoms with E-state index in [2.05, 4.69) is 21.2 Å². The summed E-state index contributed by atoms with van der Waals surface area (Å²) in [5, 5.41) is 13.1. The zero-order valence-electron chi connectivity index (χ0n) is 13.0. The van der Waals surface area contributed by atoms with Crippen LogP contribution in [0, 0.1) is 11.3 Å². The lowest BCUT2D eigenvalue weighted by Gasteiger charge is -2.06. The van der Waals surface area contributed by atoms with Crippen molar-refractivity contribution in [1.29, 1.82) is 5.26 Å². The number of rotatable bonds is 5. The average Bonchev–Trinajstić information content (AvgIpc) is 2.86. The summed E-state index contributed by atoms with van der Waals surface area (Å²) in [4.78, 5) is 12.9. The van der Waals surface area contributed by atoms with Crippen molar-refractivity contribution in [3.8, 4) is 6.07 Å². The van der Waals surface area contributed by atoms with E-state index in [1.807, 2.05) is 32.0 Å². The molecule has 0 radical (unpaired) electrons. The molecule has 0 spiro atoms. The molecule has 124 valence electrons. The molecule has 1 amide bonds. The van der Waals surface area contributed by atoms with E-state index in [0.717, 1.165) is 9.37 Å². The molecule has 2 rings (SSSR count). The summed E-state index contributed by atoms with van der Waals surface area (Å²) in [5.74, 6) is 0.000668. The fourth-order valence-corrected chi connectivity index (χ4v) is 3.21. The summed E-state index contributed by atoms with van der Waals surface area (Å²) in [6, 6.07) is 10.9. The van der Waals surface area contributed by atoms with Crippen LogP contribution in [0.5, 0.6) is 0 Å². The second-order valence-corrected chi connectivity index (χ2v) is 7.48. The topological polar surface area (TPSA) is 66.0 Å². The molecule has 4 nitrogen and oxygen atoms in total. The zero-order valence-corrected chi connectivity index (χ0v) is 16.1. The van der Waals surface area contributed by atoms with E-state index < -0.39 is 5.91 Å². The number of amides is 1. The monoisotopic (exact) mass is 424 g/mol. The predicted molar refractivity (Wildman–Crippen MR) is 98.9 cm³/mol. The summed E-state index contributed by atoms with van der Waals surface area (Å²) in [6.07, 6.45) is 1.42. The van der Waals surface area contributed by atoms with Crippen molar-refractivity contribution in [3.63, 3.8) is 0 Å². The largest absolute Gasteiger partial charge is 0.449 e. The highest BCUT2D eigenvalue weighted by Crippen LogP contribution is 2.36. The molecule has 24 heavy (non-hydrogen) atoms. The first-order valence-corrected chi connectivity index (χ1v) is 9.03. The lowest BCUT2D eigenvalue weighted by atomic mass is 10.2. The van der Waals surface area contributed by atoms with Gasteiger partial charge in [-0.15, -0.1) is 0 Å². The van der Waals surface area contributed by atoms with E-state index in [0.29, 0.717) is 15.9 Å². The fourth-order valence-electron chi connectivity index (χ4n) is 1.75. The van der Waals surface area contributed by atoms with Crippen molar-refractivity contribution in [2.45, 2.75) is 29.9 Å². The number of benzene rings is 1. The SMILES string of the molecule is CC(C)NC(=O)/C(C#N)=C/c1cc(Br)c(Sc2ccc(Cl)cc2)o1. The number of nitrogens with zero attached hydrogens (tertiary/aromatic N) is 1. The molecule has 0 aliphatic carbocycles. The molecule has 1 heterocycles. The molecular weight excluding hydrogens is 412 g/mol. The molecule has 0 fully saturated rings. The van der Waals surface area contributed by atoms with Crippen LogP contribution in [0.25, 0.3) is 6.08 Å². The van der Waals surface area contributed by atoms with Gasteiger partial charge in [0.25, 0.3) is 5.91 Å². The zero-order chi connectivity index (χ0) is 17.7. The minimum absolute atomic E-state index is 0.00649. The maximum Gasteiger partial charge on any atom is 0.262 e. The van der Waals surface area contributed by atoms with Gasteiger partial charge in [0, 0.05) is 22.0 Å². The Hall–Kier alpha value is -1.68. The van der Waals surface area contributed by atoms with Crippen LogP contribution in [0.4, 0.5) is 0 Å². The van der Waals surface area contributed by atoms with Gasteiger partial charge in [0.1, 0.15) is 17.4 Å². The number of hydrogen-bond acceptors (Lipinski definition) is 4. The normalized spacial score (nSPS) is 11.4. The molecule has 2 aromatic rings. The van der Waals surface area contributed by atoms with Crippen molar-refractivity contribution >= 4 is 51.3 Å². The first kappa shape index (κ1) is 18.7. The van der Waals surface area contributed by atoms with Crippen molar-refractivity contribution in [3.05, 3.63) is 51.2 Å². The van der Waals surface area contributed by atoms with Crippen LogP contribution in [0.2, 0.25) is 5.02 Å². The first-order chi connectivity index (χ1) is 11.4. The van der Waals surface area contributed by atoms with E-state index in [1.165, 1.54) is 17.8 Å². The molecule has 0 bridgehead atoms. The minimum Gasteiger partial charge on any atom is -0.449 e. The Kier molecular flexibility index (Phi) is 6.55. The Morgan fingerprint density at radius 2 is 2.08 bits per heavy atom. The highest BCUT2D eigenvalue weighted by Gasteiger charge is 2.14. The van der Waals surface area contributed by atoms with E-state index in [1.54, 1.807) is 18.2 Å². The van der Waals surface area contributed by atoms with Gasteiger partial charge in [-0.25, -0.2) is 0 Å². The summed E-state index contributed by atoms with van der Waals surface area (Å²) < 4.78 is 6.46. The lowest BCUT2D eigenvalue weighted by molar-refractivity contribution is -0.117. The standard InChI is InChI=1S/C17H14BrClN2O2S/c1-10(2)21-16(22)11(9-20)7-13-8-15(18)17(23-13)24-14-5-3-12(19)4-6-14/h3-8,10H,1-2H3,(H,21,22)/b11-7+. The molecule has 0 unspecified atom stereocenters. The molecular formula is C17H14BrClN2O2S. The third kappa shape index (κ3) is 5.17. The van der Waals surface area contributed by atoms with Crippen LogP contribution >= 0.6 is 39.3 Å². The van der Waals surface area contributed by atoms with Crippen LogP contribution < -0.4 is 5.32 Å². The van der Waals surface area contributed by atoms with Gasteiger partial charge < -0.3 is 9.73 Å². The molecule has 0 atom stereocenters. The van der Waals surface area contributed by atoms with Gasteiger partial charge in [-0.3, -0.25) is 4.79 Å². The second-order valence-electron chi connectivity index (χ2n) is 5.14. The van der Waals surface area contributed by atoms with Gasteiger partial charge in [-0.1, -0.05) is 23.4 Å².